The molecule has 1 heterocycles. The number of para-hydroxylation sites is 1. The van der Waals surface area contributed by atoms with Crippen LogP contribution in [0.1, 0.15) is 46.2 Å². The van der Waals surface area contributed by atoms with Crippen LogP contribution in [-0.4, -0.2) is 34.2 Å². The summed E-state index contributed by atoms with van der Waals surface area (Å²) in [6.45, 7) is 5.30. The minimum Gasteiger partial charge on any atom is -0.497 e. The highest BCUT2D eigenvalue weighted by Crippen LogP contribution is 2.29. The molecule has 0 saturated carbocycles. The Hall–Kier alpha value is -3.08. The smallest absolute Gasteiger partial charge is 0.274 e. The fourth-order valence-electron chi connectivity index (χ4n) is 4.04. The lowest BCUT2D eigenvalue weighted by Crippen LogP contribution is -2.31. The molecule has 3 aromatic rings. The van der Waals surface area contributed by atoms with E-state index in [4.69, 9.17) is 9.84 Å². The number of hydrogen-bond acceptors (Lipinski definition) is 3. The third-order valence-electron chi connectivity index (χ3n) is 5.68. The molecule has 5 nitrogen and oxygen atoms in total. The van der Waals surface area contributed by atoms with Gasteiger partial charge in [-0.15, -0.1) is 0 Å². The number of hydrogen-bond donors (Lipinski definition) is 0. The summed E-state index contributed by atoms with van der Waals surface area (Å²) in [5.41, 5.74) is 6.21. The molecule has 1 aliphatic rings. The number of carbonyl (C=O) groups excluding carboxylic acids is 1. The zero-order chi connectivity index (χ0) is 20.4. The van der Waals surface area contributed by atoms with Crippen molar-refractivity contribution < 1.29 is 9.53 Å². The highest BCUT2D eigenvalue weighted by molar-refractivity contribution is 5.94. The predicted molar refractivity (Wildman–Crippen MR) is 114 cm³/mol. The van der Waals surface area contributed by atoms with Gasteiger partial charge in [-0.25, -0.2) is 4.68 Å². The second-order valence-corrected chi connectivity index (χ2v) is 7.49. The predicted octanol–water partition coefficient (Wildman–Crippen LogP) is 4.34. The van der Waals surface area contributed by atoms with Gasteiger partial charge in [0.25, 0.3) is 5.91 Å². The second-order valence-electron chi connectivity index (χ2n) is 7.49. The highest BCUT2D eigenvalue weighted by Gasteiger charge is 2.29. The first-order chi connectivity index (χ1) is 14.1. The minimum atomic E-state index is 0.00815. The summed E-state index contributed by atoms with van der Waals surface area (Å²) < 4.78 is 7.22. The molecule has 1 amide bonds. The van der Waals surface area contributed by atoms with Crippen molar-refractivity contribution in [3.63, 3.8) is 0 Å². The molecule has 29 heavy (non-hydrogen) atoms. The summed E-state index contributed by atoms with van der Waals surface area (Å²) >= 11 is 0. The lowest BCUT2D eigenvalue weighted by atomic mass is 10.1. The van der Waals surface area contributed by atoms with Gasteiger partial charge in [-0.2, -0.15) is 5.10 Å². The van der Waals surface area contributed by atoms with Crippen LogP contribution in [0.2, 0.25) is 0 Å². The van der Waals surface area contributed by atoms with Gasteiger partial charge in [-0.3, -0.25) is 4.79 Å². The molecule has 0 aliphatic heterocycles. The van der Waals surface area contributed by atoms with E-state index in [1.54, 1.807) is 7.11 Å². The zero-order valence-corrected chi connectivity index (χ0v) is 17.3. The summed E-state index contributed by atoms with van der Waals surface area (Å²) in [5, 5.41) is 4.81. The Morgan fingerprint density at radius 3 is 2.59 bits per heavy atom. The van der Waals surface area contributed by atoms with Crippen molar-refractivity contribution in [2.45, 2.75) is 39.7 Å². The van der Waals surface area contributed by atoms with E-state index in [0.717, 1.165) is 47.4 Å². The number of benzene rings is 2. The van der Waals surface area contributed by atoms with Crippen LogP contribution in [-0.2, 0) is 19.4 Å². The molecule has 0 radical (unpaired) electrons. The molecule has 0 fully saturated rings. The van der Waals surface area contributed by atoms with Gasteiger partial charge in [0.2, 0.25) is 0 Å². The fraction of sp³-hybridized carbons (Fsp3) is 0.333. The number of nitrogens with zero attached hydrogens (tertiary/aromatic N) is 3. The Morgan fingerprint density at radius 2 is 1.90 bits per heavy atom. The highest BCUT2D eigenvalue weighted by atomic mass is 16.5. The van der Waals surface area contributed by atoms with Crippen LogP contribution in [0.4, 0.5) is 0 Å². The van der Waals surface area contributed by atoms with Gasteiger partial charge >= 0.3 is 0 Å². The van der Waals surface area contributed by atoms with Gasteiger partial charge in [0.05, 0.1) is 12.8 Å². The number of fused-ring (bicyclic) bond motifs is 1. The fourth-order valence-corrected chi connectivity index (χ4v) is 4.04. The van der Waals surface area contributed by atoms with E-state index >= 15 is 0 Å². The Morgan fingerprint density at radius 1 is 1.14 bits per heavy atom. The van der Waals surface area contributed by atoms with Crippen LogP contribution in [0.25, 0.3) is 5.69 Å². The van der Waals surface area contributed by atoms with Gasteiger partial charge in [0, 0.05) is 24.3 Å². The molecule has 4 rings (SSSR count). The molecule has 1 aromatic heterocycles. The van der Waals surface area contributed by atoms with Gasteiger partial charge < -0.3 is 9.64 Å². The first-order valence-electron chi connectivity index (χ1n) is 10.2. The third-order valence-corrected chi connectivity index (χ3v) is 5.68. The summed E-state index contributed by atoms with van der Waals surface area (Å²) in [5.74, 6) is 0.826. The maximum atomic E-state index is 13.4. The first-order valence-corrected chi connectivity index (χ1v) is 10.2. The van der Waals surface area contributed by atoms with Gasteiger partial charge in [0.1, 0.15) is 5.75 Å². The van der Waals surface area contributed by atoms with Crippen molar-refractivity contribution in [3.8, 4) is 11.4 Å². The molecule has 1 aliphatic carbocycles. The molecule has 0 atom stereocenters. The molecule has 0 spiro atoms. The summed E-state index contributed by atoms with van der Waals surface area (Å²) in [4.78, 5) is 15.3. The SMILES string of the molecule is CCN(Cc1ccc(OC)cc1)C(=O)c1nn(-c2ccccc2C)c2c1CCC2. The van der Waals surface area contributed by atoms with E-state index in [2.05, 4.69) is 19.1 Å². The second kappa shape index (κ2) is 8.11. The molecule has 0 unspecified atom stereocenters. The molecule has 0 bridgehead atoms. The first kappa shape index (κ1) is 19.2. The normalized spacial score (nSPS) is 12.7. The number of aromatic nitrogens is 2. The van der Waals surface area contributed by atoms with Crippen molar-refractivity contribution >= 4 is 5.91 Å². The van der Waals surface area contributed by atoms with Gasteiger partial charge in [0.15, 0.2) is 5.69 Å². The number of carbonyl (C=O) groups is 1. The van der Waals surface area contributed by atoms with Gasteiger partial charge in [-0.1, -0.05) is 30.3 Å². The molecule has 5 heteroatoms. The van der Waals surface area contributed by atoms with E-state index in [9.17, 15) is 4.79 Å². The molecule has 2 aromatic carbocycles. The number of rotatable bonds is 6. The van der Waals surface area contributed by atoms with Crippen molar-refractivity contribution in [1.82, 2.24) is 14.7 Å². The van der Waals surface area contributed by atoms with Crippen LogP contribution in [0.3, 0.4) is 0 Å². The zero-order valence-electron chi connectivity index (χ0n) is 17.3. The molecule has 0 saturated heterocycles. The average Bonchev–Trinajstić information content (AvgIpc) is 3.35. The minimum absolute atomic E-state index is 0.00815. The summed E-state index contributed by atoms with van der Waals surface area (Å²) in [7, 11) is 1.65. The Balaban J connectivity index is 1.65. The quantitative estimate of drug-likeness (QED) is 0.630. The molecular weight excluding hydrogens is 362 g/mol. The average molecular weight is 389 g/mol. The van der Waals surface area contributed by atoms with E-state index < -0.39 is 0 Å². The number of amides is 1. The van der Waals surface area contributed by atoms with E-state index in [0.29, 0.717) is 18.8 Å². The standard InChI is InChI=1S/C24H27N3O2/c1-4-26(16-18-12-14-19(29-3)15-13-18)24(28)23-20-9-7-11-22(20)27(25-23)21-10-6-5-8-17(21)2/h5-6,8,10,12-15H,4,7,9,11,16H2,1-3H3. The Labute approximate surface area is 171 Å². The third kappa shape index (κ3) is 3.65. The Bertz CT molecular complexity index is 1020. The maximum Gasteiger partial charge on any atom is 0.274 e. The largest absolute Gasteiger partial charge is 0.497 e. The molecule has 150 valence electrons. The van der Waals surface area contributed by atoms with Crippen molar-refractivity contribution in [1.29, 1.82) is 0 Å². The van der Waals surface area contributed by atoms with E-state index in [1.165, 1.54) is 5.69 Å². The molecule has 0 N–H and O–H groups in total. The van der Waals surface area contributed by atoms with Crippen LogP contribution in [0, 0.1) is 6.92 Å². The van der Waals surface area contributed by atoms with Crippen LogP contribution in [0.15, 0.2) is 48.5 Å². The van der Waals surface area contributed by atoms with E-state index in [1.807, 2.05) is 52.9 Å². The Kier molecular flexibility index (Phi) is 5.38. The van der Waals surface area contributed by atoms with Crippen molar-refractivity contribution in [2.75, 3.05) is 13.7 Å². The lowest BCUT2D eigenvalue weighted by molar-refractivity contribution is 0.0745. The van der Waals surface area contributed by atoms with Crippen molar-refractivity contribution in [2.24, 2.45) is 0 Å². The molecular formula is C24H27N3O2. The van der Waals surface area contributed by atoms with E-state index in [-0.39, 0.29) is 5.91 Å². The van der Waals surface area contributed by atoms with Crippen molar-refractivity contribution in [3.05, 3.63) is 76.6 Å². The monoisotopic (exact) mass is 389 g/mol. The summed E-state index contributed by atoms with van der Waals surface area (Å²) in [6.07, 6.45) is 2.96. The topological polar surface area (TPSA) is 47.4 Å². The number of aryl methyl sites for hydroxylation is 1. The van der Waals surface area contributed by atoms with Crippen LogP contribution < -0.4 is 4.74 Å². The maximum absolute atomic E-state index is 13.4. The number of ether oxygens (including phenoxy) is 1. The van der Waals surface area contributed by atoms with Gasteiger partial charge in [-0.05, 0) is 62.4 Å². The lowest BCUT2D eigenvalue weighted by Gasteiger charge is -2.20. The van der Waals surface area contributed by atoms with Crippen LogP contribution in [0.5, 0.6) is 5.75 Å². The number of methoxy groups -OCH3 is 1. The van der Waals surface area contributed by atoms with Crippen LogP contribution >= 0.6 is 0 Å². The summed E-state index contributed by atoms with van der Waals surface area (Å²) in [6, 6.07) is 16.1.